The fourth-order valence-corrected chi connectivity index (χ4v) is 2.81. The molecule has 0 radical (unpaired) electrons. The third kappa shape index (κ3) is 1.88. The van der Waals surface area contributed by atoms with Gasteiger partial charge in [0, 0.05) is 6.54 Å². The lowest BCUT2D eigenvalue weighted by Crippen LogP contribution is -2.35. The Hall–Kier alpha value is -1.33. The largest absolute Gasteiger partial charge is 0.387 e. The molecule has 3 heterocycles. The minimum atomic E-state index is -1.14. The summed E-state index contributed by atoms with van der Waals surface area (Å²) in [4.78, 5) is 12.1. The average molecular weight is 345 g/mol. The van der Waals surface area contributed by atoms with E-state index in [4.69, 9.17) is 16.2 Å². The minimum Gasteiger partial charge on any atom is -0.387 e. The van der Waals surface area contributed by atoms with Crippen LogP contribution in [0.3, 0.4) is 0 Å². The Bertz CT molecular complexity index is 649. The molecule has 1 fully saturated rings. The van der Waals surface area contributed by atoms with Gasteiger partial charge in [-0.2, -0.15) is 0 Å². The SMILES string of the molecule is NCC1OC(n2c(Br)nc3c(N)ncnc32)C(O)C1O. The first-order valence-electron chi connectivity index (χ1n) is 5.90. The predicted molar refractivity (Wildman–Crippen MR) is 72.4 cm³/mol. The zero-order chi connectivity index (χ0) is 14.4. The number of aromatic nitrogens is 4. The van der Waals surface area contributed by atoms with Gasteiger partial charge in [-0.3, -0.25) is 4.57 Å². The first kappa shape index (κ1) is 13.6. The van der Waals surface area contributed by atoms with Crippen LogP contribution in [-0.4, -0.2) is 54.6 Å². The van der Waals surface area contributed by atoms with Crippen molar-refractivity contribution in [1.29, 1.82) is 0 Å². The van der Waals surface area contributed by atoms with Crippen molar-refractivity contribution in [3.05, 3.63) is 11.1 Å². The number of rotatable bonds is 2. The molecule has 3 rings (SSSR count). The van der Waals surface area contributed by atoms with Gasteiger partial charge in [0.25, 0.3) is 0 Å². The van der Waals surface area contributed by atoms with Crippen LogP contribution in [0.1, 0.15) is 6.23 Å². The lowest BCUT2D eigenvalue weighted by molar-refractivity contribution is -0.0335. The maximum atomic E-state index is 10.1. The fourth-order valence-electron chi connectivity index (χ4n) is 2.26. The number of hydrogen-bond donors (Lipinski definition) is 4. The number of imidazole rings is 1. The standard InChI is InChI=1S/C10H13BrN6O3/c11-10-16-4-7(13)14-2-15-8(4)17(10)9-6(19)5(18)3(1-12)20-9/h2-3,5-6,9,18-19H,1,12H2,(H2,13,14,15). The Morgan fingerprint density at radius 1 is 1.35 bits per heavy atom. The van der Waals surface area contributed by atoms with Crippen LogP contribution in [0.5, 0.6) is 0 Å². The zero-order valence-corrected chi connectivity index (χ0v) is 11.8. The Morgan fingerprint density at radius 2 is 2.10 bits per heavy atom. The topological polar surface area (TPSA) is 145 Å². The lowest BCUT2D eigenvalue weighted by atomic mass is 10.1. The Balaban J connectivity index is 2.11. The highest BCUT2D eigenvalue weighted by Crippen LogP contribution is 2.34. The van der Waals surface area contributed by atoms with E-state index in [0.29, 0.717) is 15.9 Å². The molecule has 0 amide bonds. The maximum absolute atomic E-state index is 10.1. The first-order valence-corrected chi connectivity index (χ1v) is 6.69. The van der Waals surface area contributed by atoms with Gasteiger partial charge in [0.05, 0.1) is 0 Å². The highest BCUT2D eigenvalue weighted by Gasteiger charge is 2.44. The number of nitrogen functional groups attached to an aromatic ring is 1. The molecular weight excluding hydrogens is 332 g/mol. The molecule has 2 aromatic rings. The van der Waals surface area contributed by atoms with Crippen LogP contribution in [0.15, 0.2) is 11.1 Å². The molecule has 0 bridgehead atoms. The van der Waals surface area contributed by atoms with Gasteiger partial charge in [0.2, 0.25) is 0 Å². The second-order valence-corrected chi connectivity index (χ2v) is 5.17. The highest BCUT2D eigenvalue weighted by atomic mass is 79.9. The van der Waals surface area contributed by atoms with Crippen molar-refractivity contribution in [3.63, 3.8) is 0 Å². The van der Waals surface area contributed by atoms with Crippen LogP contribution in [0.4, 0.5) is 5.82 Å². The quantitative estimate of drug-likeness (QED) is 0.494. The minimum absolute atomic E-state index is 0.0934. The number of hydrogen-bond acceptors (Lipinski definition) is 8. The number of halogens is 1. The van der Waals surface area contributed by atoms with Gasteiger partial charge in [0.15, 0.2) is 27.9 Å². The second kappa shape index (κ2) is 4.90. The second-order valence-electron chi connectivity index (χ2n) is 4.46. The van der Waals surface area contributed by atoms with Crippen molar-refractivity contribution < 1.29 is 14.9 Å². The van der Waals surface area contributed by atoms with Gasteiger partial charge < -0.3 is 26.4 Å². The van der Waals surface area contributed by atoms with E-state index < -0.39 is 24.5 Å². The molecule has 0 saturated carbocycles. The van der Waals surface area contributed by atoms with Crippen molar-refractivity contribution in [2.45, 2.75) is 24.5 Å². The molecule has 4 atom stereocenters. The van der Waals surface area contributed by atoms with Crippen molar-refractivity contribution in [3.8, 4) is 0 Å². The number of ether oxygens (including phenoxy) is 1. The summed E-state index contributed by atoms with van der Waals surface area (Å²) in [6.07, 6.45) is -2.44. The van der Waals surface area contributed by atoms with E-state index in [-0.39, 0.29) is 12.4 Å². The predicted octanol–water partition coefficient (Wildman–Crippen LogP) is -1.25. The lowest BCUT2D eigenvalue weighted by Gasteiger charge is -2.17. The smallest absolute Gasteiger partial charge is 0.181 e. The van der Waals surface area contributed by atoms with Gasteiger partial charge in [0.1, 0.15) is 24.6 Å². The molecule has 0 spiro atoms. The summed E-state index contributed by atoms with van der Waals surface area (Å²) >= 11 is 3.27. The first-order chi connectivity index (χ1) is 9.54. The summed E-state index contributed by atoms with van der Waals surface area (Å²) in [5, 5.41) is 20.0. The van der Waals surface area contributed by atoms with E-state index in [2.05, 4.69) is 30.9 Å². The Labute approximate surface area is 121 Å². The zero-order valence-electron chi connectivity index (χ0n) is 10.2. The molecule has 0 aromatic carbocycles. The molecule has 1 aliphatic rings. The van der Waals surface area contributed by atoms with Crippen LogP contribution in [0.25, 0.3) is 11.2 Å². The van der Waals surface area contributed by atoms with Crippen molar-refractivity contribution in [2.75, 3.05) is 12.3 Å². The van der Waals surface area contributed by atoms with E-state index in [1.165, 1.54) is 10.9 Å². The van der Waals surface area contributed by atoms with Gasteiger partial charge in [-0.15, -0.1) is 0 Å². The molecule has 10 heteroatoms. The molecule has 4 unspecified atom stereocenters. The van der Waals surface area contributed by atoms with Gasteiger partial charge in [-0.05, 0) is 15.9 Å². The van der Waals surface area contributed by atoms with Crippen LogP contribution >= 0.6 is 15.9 Å². The third-order valence-electron chi connectivity index (χ3n) is 3.29. The van der Waals surface area contributed by atoms with Crippen molar-refractivity contribution >= 4 is 32.9 Å². The van der Waals surface area contributed by atoms with E-state index >= 15 is 0 Å². The summed E-state index contributed by atoms with van der Waals surface area (Å²) < 4.78 is 7.45. The van der Waals surface area contributed by atoms with Crippen LogP contribution < -0.4 is 11.5 Å². The number of aliphatic hydroxyl groups is 2. The molecule has 20 heavy (non-hydrogen) atoms. The molecule has 0 aliphatic carbocycles. The molecule has 9 nitrogen and oxygen atoms in total. The van der Waals surface area contributed by atoms with Gasteiger partial charge >= 0.3 is 0 Å². The molecule has 1 aliphatic heterocycles. The van der Waals surface area contributed by atoms with E-state index in [1.807, 2.05) is 0 Å². The van der Waals surface area contributed by atoms with Crippen LogP contribution in [0.2, 0.25) is 0 Å². The fraction of sp³-hybridized carbons (Fsp3) is 0.500. The van der Waals surface area contributed by atoms with E-state index in [1.54, 1.807) is 0 Å². The van der Waals surface area contributed by atoms with Gasteiger partial charge in [-0.1, -0.05) is 0 Å². The number of aliphatic hydroxyl groups excluding tert-OH is 2. The molecule has 108 valence electrons. The molecule has 2 aromatic heterocycles. The van der Waals surface area contributed by atoms with Crippen molar-refractivity contribution in [2.24, 2.45) is 5.73 Å². The number of nitrogens with zero attached hydrogens (tertiary/aromatic N) is 4. The third-order valence-corrected chi connectivity index (χ3v) is 3.85. The van der Waals surface area contributed by atoms with Crippen LogP contribution in [-0.2, 0) is 4.74 Å². The van der Waals surface area contributed by atoms with Crippen molar-refractivity contribution in [1.82, 2.24) is 19.5 Å². The summed E-state index contributed by atoms with van der Waals surface area (Å²) in [6, 6.07) is 0. The van der Waals surface area contributed by atoms with E-state index in [9.17, 15) is 10.2 Å². The maximum Gasteiger partial charge on any atom is 0.181 e. The van der Waals surface area contributed by atoms with E-state index in [0.717, 1.165) is 0 Å². The normalized spacial score (nSPS) is 30.2. The number of fused-ring (bicyclic) bond motifs is 1. The Kier molecular flexibility index (Phi) is 3.34. The number of nitrogens with two attached hydrogens (primary N) is 2. The summed E-state index contributed by atoms with van der Waals surface area (Å²) in [6.45, 7) is 0.0934. The molecule has 6 N–H and O–H groups in total. The average Bonchev–Trinajstić information content (AvgIpc) is 2.90. The molecule has 1 saturated heterocycles. The highest BCUT2D eigenvalue weighted by molar-refractivity contribution is 9.10. The monoisotopic (exact) mass is 344 g/mol. The summed E-state index contributed by atoms with van der Waals surface area (Å²) in [7, 11) is 0. The summed E-state index contributed by atoms with van der Waals surface area (Å²) in [5.74, 6) is 0.220. The molecular formula is C10H13BrN6O3. The summed E-state index contributed by atoms with van der Waals surface area (Å²) in [5.41, 5.74) is 12.0. The number of anilines is 1. The Morgan fingerprint density at radius 3 is 2.75 bits per heavy atom. The van der Waals surface area contributed by atoms with Gasteiger partial charge in [-0.25, -0.2) is 15.0 Å². The van der Waals surface area contributed by atoms with Crippen LogP contribution in [0, 0.1) is 0 Å².